The number of rotatable bonds is 4. The zero-order valence-electron chi connectivity index (χ0n) is 11.0. The van der Waals surface area contributed by atoms with Crippen molar-refractivity contribution in [3.05, 3.63) is 64.7 Å². The number of aliphatic hydroxyl groups excluding tert-OH is 1. The summed E-state index contributed by atoms with van der Waals surface area (Å²) in [4.78, 5) is 0. The van der Waals surface area contributed by atoms with Crippen molar-refractivity contribution in [3.63, 3.8) is 0 Å². The number of aliphatic hydroxyl groups is 1. The molecule has 0 heterocycles. The van der Waals surface area contributed by atoms with Gasteiger partial charge in [-0.25, -0.2) is 8.78 Å². The average molecular weight is 300 g/mol. The second kappa shape index (κ2) is 6.13. The van der Waals surface area contributed by atoms with E-state index in [0.29, 0.717) is 6.07 Å². The highest BCUT2D eigenvalue weighted by molar-refractivity contribution is 5.37. The van der Waals surface area contributed by atoms with Gasteiger partial charge in [-0.2, -0.15) is 8.78 Å². The van der Waals surface area contributed by atoms with Gasteiger partial charge in [0.1, 0.15) is 23.5 Å². The molecule has 1 N–H and O–H groups in total. The molecule has 6 heteroatoms. The fourth-order valence-corrected chi connectivity index (χ4v) is 1.93. The Bertz CT molecular complexity index is 644. The molecule has 1 atom stereocenters. The summed E-state index contributed by atoms with van der Waals surface area (Å²) < 4.78 is 55.5. The van der Waals surface area contributed by atoms with Crippen LogP contribution in [0.4, 0.5) is 17.6 Å². The predicted octanol–water partition coefficient (Wildman–Crippen LogP) is 3.96. The molecule has 0 aliphatic carbocycles. The minimum absolute atomic E-state index is 0.136. The van der Waals surface area contributed by atoms with Gasteiger partial charge in [0.25, 0.3) is 0 Å². The summed E-state index contributed by atoms with van der Waals surface area (Å²) in [5.74, 6) is -1.79. The van der Waals surface area contributed by atoms with Crippen molar-refractivity contribution in [2.45, 2.75) is 19.6 Å². The standard InChI is InChI=1S/C15H12F4O2/c1-8-5-11(13(17)7-12(8)16)14(20)9-3-2-4-10(6-9)21-15(18)19/h2-7,14-15,20H,1H3. The first-order valence-corrected chi connectivity index (χ1v) is 6.07. The molecule has 0 fully saturated rings. The van der Waals surface area contributed by atoms with E-state index in [1.807, 2.05) is 0 Å². The molecule has 2 aromatic rings. The molecule has 1 unspecified atom stereocenters. The lowest BCUT2D eigenvalue weighted by Gasteiger charge is -2.15. The molecule has 0 amide bonds. The van der Waals surface area contributed by atoms with Gasteiger partial charge in [-0.15, -0.1) is 0 Å². The van der Waals surface area contributed by atoms with Gasteiger partial charge in [0.05, 0.1) is 0 Å². The van der Waals surface area contributed by atoms with Crippen molar-refractivity contribution in [1.82, 2.24) is 0 Å². The number of hydrogen-bond donors (Lipinski definition) is 1. The van der Waals surface area contributed by atoms with Crippen molar-refractivity contribution in [2.75, 3.05) is 0 Å². The molecule has 2 nitrogen and oxygen atoms in total. The maximum absolute atomic E-state index is 13.7. The maximum atomic E-state index is 13.7. The van der Waals surface area contributed by atoms with Gasteiger partial charge in [-0.05, 0) is 36.2 Å². The monoisotopic (exact) mass is 300 g/mol. The minimum atomic E-state index is -3.00. The van der Waals surface area contributed by atoms with E-state index in [0.717, 1.165) is 0 Å². The Hall–Kier alpha value is -2.08. The summed E-state index contributed by atoms with van der Waals surface area (Å²) >= 11 is 0. The topological polar surface area (TPSA) is 29.5 Å². The Labute approximate surface area is 118 Å². The van der Waals surface area contributed by atoms with Gasteiger partial charge in [0.2, 0.25) is 0 Å². The van der Waals surface area contributed by atoms with Crippen molar-refractivity contribution < 1.29 is 27.4 Å². The third-order valence-corrected chi connectivity index (χ3v) is 2.97. The number of alkyl halides is 2. The van der Waals surface area contributed by atoms with E-state index in [2.05, 4.69) is 4.74 Å². The summed E-state index contributed by atoms with van der Waals surface area (Å²) in [6.45, 7) is -1.57. The summed E-state index contributed by atoms with van der Waals surface area (Å²) in [6.07, 6.45) is -1.41. The van der Waals surface area contributed by atoms with E-state index in [4.69, 9.17) is 0 Å². The molecule has 0 saturated carbocycles. The molecule has 112 valence electrons. The van der Waals surface area contributed by atoms with Crippen LogP contribution in [0.25, 0.3) is 0 Å². The van der Waals surface area contributed by atoms with Gasteiger partial charge < -0.3 is 9.84 Å². The number of benzene rings is 2. The van der Waals surface area contributed by atoms with Gasteiger partial charge in [-0.1, -0.05) is 12.1 Å². The van der Waals surface area contributed by atoms with E-state index in [-0.39, 0.29) is 22.4 Å². The molecule has 0 spiro atoms. The van der Waals surface area contributed by atoms with Crippen LogP contribution in [0, 0.1) is 18.6 Å². The Morgan fingerprint density at radius 3 is 2.43 bits per heavy atom. The molecule has 2 aromatic carbocycles. The highest BCUT2D eigenvalue weighted by Gasteiger charge is 2.18. The lowest BCUT2D eigenvalue weighted by Crippen LogP contribution is -2.06. The summed E-state index contributed by atoms with van der Waals surface area (Å²) in [5, 5.41) is 10.1. The Morgan fingerprint density at radius 2 is 1.76 bits per heavy atom. The van der Waals surface area contributed by atoms with Crippen molar-refractivity contribution in [1.29, 1.82) is 0 Å². The summed E-state index contributed by atoms with van der Waals surface area (Å²) in [5.41, 5.74) is 0.201. The largest absolute Gasteiger partial charge is 0.435 e. The highest BCUT2D eigenvalue weighted by Crippen LogP contribution is 2.28. The molecule has 0 bridgehead atoms. The van der Waals surface area contributed by atoms with Crippen LogP contribution >= 0.6 is 0 Å². The van der Waals surface area contributed by atoms with Gasteiger partial charge in [0, 0.05) is 11.6 Å². The lowest BCUT2D eigenvalue weighted by atomic mass is 9.99. The third-order valence-electron chi connectivity index (χ3n) is 2.97. The van der Waals surface area contributed by atoms with Crippen LogP contribution in [-0.4, -0.2) is 11.7 Å². The van der Waals surface area contributed by atoms with Crippen molar-refractivity contribution >= 4 is 0 Å². The Kier molecular flexibility index (Phi) is 4.47. The van der Waals surface area contributed by atoms with Crippen LogP contribution < -0.4 is 4.74 Å². The summed E-state index contributed by atoms with van der Waals surface area (Å²) in [6, 6.07) is 7.14. The average Bonchev–Trinajstić information content (AvgIpc) is 2.41. The van der Waals surface area contributed by atoms with Gasteiger partial charge >= 0.3 is 6.61 Å². The van der Waals surface area contributed by atoms with Crippen LogP contribution in [0.3, 0.4) is 0 Å². The Morgan fingerprint density at radius 1 is 1.05 bits per heavy atom. The van der Waals surface area contributed by atoms with Crippen LogP contribution in [0.5, 0.6) is 5.75 Å². The zero-order valence-corrected chi connectivity index (χ0v) is 11.0. The summed E-state index contributed by atoms with van der Waals surface area (Å²) in [7, 11) is 0. The van der Waals surface area contributed by atoms with Crippen LogP contribution in [-0.2, 0) is 0 Å². The van der Waals surface area contributed by atoms with Gasteiger partial charge in [-0.3, -0.25) is 0 Å². The molecule has 0 aliphatic rings. The van der Waals surface area contributed by atoms with Crippen LogP contribution in [0.2, 0.25) is 0 Å². The van der Waals surface area contributed by atoms with E-state index in [9.17, 15) is 22.7 Å². The van der Waals surface area contributed by atoms with Crippen molar-refractivity contribution in [2.24, 2.45) is 0 Å². The van der Waals surface area contributed by atoms with E-state index in [1.54, 1.807) is 0 Å². The first kappa shape index (κ1) is 15.3. The smallest absolute Gasteiger partial charge is 0.387 e. The fourth-order valence-electron chi connectivity index (χ4n) is 1.93. The maximum Gasteiger partial charge on any atom is 0.387 e. The second-order valence-electron chi connectivity index (χ2n) is 4.48. The van der Waals surface area contributed by atoms with Crippen LogP contribution in [0.1, 0.15) is 22.8 Å². The van der Waals surface area contributed by atoms with Crippen molar-refractivity contribution in [3.8, 4) is 5.75 Å². The van der Waals surface area contributed by atoms with E-state index >= 15 is 0 Å². The lowest BCUT2D eigenvalue weighted by molar-refractivity contribution is -0.0499. The molecule has 0 radical (unpaired) electrons. The normalized spacial score (nSPS) is 12.5. The fraction of sp³-hybridized carbons (Fsp3) is 0.200. The highest BCUT2D eigenvalue weighted by atomic mass is 19.3. The quantitative estimate of drug-likeness (QED) is 0.866. The molecule has 2 rings (SSSR count). The predicted molar refractivity (Wildman–Crippen MR) is 68.2 cm³/mol. The first-order chi connectivity index (χ1) is 9.88. The molecule has 21 heavy (non-hydrogen) atoms. The molecular formula is C15H12F4O2. The van der Waals surface area contributed by atoms with Gasteiger partial charge in [0.15, 0.2) is 0 Å². The second-order valence-corrected chi connectivity index (χ2v) is 4.48. The Balaban J connectivity index is 2.36. The molecule has 0 saturated heterocycles. The van der Waals surface area contributed by atoms with E-state index in [1.165, 1.54) is 37.3 Å². The number of ether oxygens (including phenoxy) is 1. The number of aryl methyl sites for hydroxylation is 1. The number of halogens is 4. The molecular weight excluding hydrogens is 288 g/mol. The molecule has 0 aromatic heterocycles. The minimum Gasteiger partial charge on any atom is -0.435 e. The SMILES string of the molecule is Cc1cc(C(O)c2cccc(OC(F)F)c2)c(F)cc1F. The first-order valence-electron chi connectivity index (χ1n) is 6.07. The van der Waals surface area contributed by atoms with E-state index < -0.39 is 24.3 Å². The molecule has 0 aliphatic heterocycles. The third kappa shape index (κ3) is 3.52. The van der Waals surface area contributed by atoms with Crippen LogP contribution in [0.15, 0.2) is 36.4 Å². The number of hydrogen-bond acceptors (Lipinski definition) is 2. The zero-order chi connectivity index (χ0) is 15.6.